The Morgan fingerprint density at radius 2 is 1.78 bits per heavy atom. The molecular formula is C16H21N5O2. The van der Waals surface area contributed by atoms with E-state index < -0.39 is 0 Å². The molecule has 2 aromatic heterocycles. The molecule has 3 heterocycles. The van der Waals surface area contributed by atoms with E-state index in [0.29, 0.717) is 24.3 Å². The summed E-state index contributed by atoms with van der Waals surface area (Å²) in [7, 11) is 1.64. The van der Waals surface area contributed by atoms with Crippen molar-refractivity contribution < 1.29 is 0 Å². The first-order valence-corrected chi connectivity index (χ1v) is 7.55. The van der Waals surface area contributed by atoms with Crippen molar-refractivity contribution in [3.63, 3.8) is 0 Å². The summed E-state index contributed by atoms with van der Waals surface area (Å²) in [5, 5.41) is 0. The lowest BCUT2D eigenvalue weighted by Gasteiger charge is -2.15. The molecule has 0 aliphatic carbocycles. The van der Waals surface area contributed by atoms with Gasteiger partial charge in [0.1, 0.15) is 0 Å². The van der Waals surface area contributed by atoms with Crippen LogP contribution in [0.15, 0.2) is 33.9 Å². The van der Waals surface area contributed by atoms with Gasteiger partial charge in [0.25, 0.3) is 5.56 Å². The van der Waals surface area contributed by atoms with Crippen LogP contribution in [0.2, 0.25) is 0 Å². The molecule has 1 aliphatic rings. The molecule has 1 aliphatic heterocycles. The van der Waals surface area contributed by atoms with E-state index in [-0.39, 0.29) is 17.8 Å². The maximum absolute atomic E-state index is 12.8. The third-order valence-corrected chi connectivity index (χ3v) is 3.98. The second-order valence-electron chi connectivity index (χ2n) is 6.30. The Bertz CT molecular complexity index is 944. The molecule has 7 nitrogen and oxygen atoms in total. The maximum Gasteiger partial charge on any atom is 0.332 e. The molecule has 0 fully saturated rings. The molecule has 0 saturated carbocycles. The van der Waals surface area contributed by atoms with E-state index in [9.17, 15) is 9.59 Å². The third kappa shape index (κ3) is 2.32. The van der Waals surface area contributed by atoms with Crippen LogP contribution >= 0.6 is 0 Å². The number of hydrogen-bond donors (Lipinski definition) is 0. The van der Waals surface area contributed by atoms with Crippen LogP contribution in [0.25, 0.3) is 11.2 Å². The highest BCUT2D eigenvalue weighted by Gasteiger charge is 2.27. The fourth-order valence-electron chi connectivity index (χ4n) is 3.02. The zero-order chi connectivity index (χ0) is 16.9. The molecule has 0 amide bonds. The molecule has 2 aromatic rings. The van der Waals surface area contributed by atoms with Gasteiger partial charge in [0, 0.05) is 26.7 Å². The Morgan fingerprint density at radius 3 is 2.39 bits per heavy atom. The molecule has 0 radical (unpaired) electrons. The number of aromatic nitrogens is 4. The van der Waals surface area contributed by atoms with Crippen LogP contribution in [0.1, 0.15) is 13.8 Å². The van der Waals surface area contributed by atoms with Gasteiger partial charge < -0.3 is 9.47 Å². The second-order valence-corrected chi connectivity index (χ2v) is 6.30. The average molecular weight is 315 g/mol. The number of rotatable bonds is 4. The highest BCUT2D eigenvalue weighted by molar-refractivity contribution is 5.75. The Balaban J connectivity index is 2.28. The quantitative estimate of drug-likeness (QED) is 0.785. The Hall–Kier alpha value is -2.57. The van der Waals surface area contributed by atoms with Crippen LogP contribution in [-0.2, 0) is 20.1 Å². The molecule has 122 valence electrons. The normalized spacial score (nSPS) is 13.6. The third-order valence-electron chi connectivity index (χ3n) is 3.98. The van der Waals surface area contributed by atoms with Crippen LogP contribution in [-0.4, -0.2) is 31.8 Å². The minimum atomic E-state index is -0.367. The van der Waals surface area contributed by atoms with Crippen molar-refractivity contribution in [2.45, 2.75) is 26.9 Å². The molecule has 7 heteroatoms. The minimum Gasteiger partial charge on any atom is -0.336 e. The second kappa shape index (κ2) is 5.26. The average Bonchev–Trinajstić information content (AvgIpc) is 3.01. The van der Waals surface area contributed by atoms with Gasteiger partial charge in [-0.05, 0) is 13.8 Å². The van der Waals surface area contributed by atoms with Gasteiger partial charge in [-0.2, -0.15) is 4.98 Å². The number of allylic oxidation sites excluding steroid dienone is 1. The van der Waals surface area contributed by atoms with Crippen molar-refractivity contribution in [2.75, 3.05) is 18.0 Å². The zero-order valence-electron chi connectivity index (χ0n) is 13.8. The van der Waals surface area contributed by atoms with Crippen molar-refractivity contribution >= 4 is 17.1 Å². The van der Waals surface area contributed by atoms with Crippen LogP contribution in [0.5, 0.6) is 0 Å². The minimum absolute atomic E-state index is 0.220. The molecule has 0 bridgehead atoms. The van der Waals surface area contributed by atoms with Gasteiger partial charge in [-0.15, -0.1) is 0 Å². The number of hydrogen-bond acceptors (Lipinski definition) is 4. The van der Waals surface area contributed by atoms with Crippen molar-refractivity contribution in [2.24, 2.45) is 7.05 Å². The topological polar surface area (TPSA) is 65.1 Å². The first kappa shape index (κ1) is 15.3. The highest BCUT2D eigenvalue weighted by Crippen LogP contribution is 2.25. The van der Waals surface area contributed by atoms with Gasteiger partial charge in [-0.1, -0.05) is 24.3 Å². The summed E-state index contributed by atoms with van der Waals surface area (Å²) >= 11 is 0. The van der Waals surface area contributed by atoms with Gasteiger partial charge in [0.05, 0.1) is 6.54 Å². The fourth-order valence-corrected chi connectivity index (χ4v) is 3.02. The summed E-state index contributed by atoms with van der Waals surface area (Å²) in [6.07, 6.45) is 0. The monoisotopic (exact) mass is 315 g/mol. The Labute approximate surface area is 133 Å². The first-order chi connectivity index (χ1) is 10.8. The van der Waals surface area contributed by atoms with Gasteiger partial charge in [-0.25, -0.2) is 4.79 Å². The van der Waals surface area contributed by atoms with Crippen molar-refractivity contribution in [3.8, 4) is 0 Å². The molecule has 23 heavy (non-hydrogen) atoms. The summed E-state index contributed by atoms with van der Waals surface area (Å²) in [4.78, 5) is 31.9. The number of fused-ring (bicyclic) bond motifs is 3. The summed E-state index contributed by atoms with van der Waals surface area (Å²) in [5.41, 5.74) is 2.02. The van der Waals surface area contributed by atoms with Crippen molar-refractivity contribution in [1.82, 2.24) is 18.7 Å². The fraction of sp³-hybridized carbons (Fsp3) is 0.438. The summed E-state index contributed by atoms with van der Waals surface area (Å²) in [6, 6.07) is 0. The SMILES string of the molecule is C=C(C)CN1CCn2c1nc1c2c(=O)n(CC(=C)C)c(=O)n1C. The number of imidazole rings is 1. The Morgan fingerprint density at radius 1 is 1.13 bits per heavy atom. The molecular weight excluding hydrogens is 294 g/mol. The van der Waals surface area contributed by atoms with E-state index in [2.05, 4.69) is 23.0 Å². The summed E-state index contributed by atoms with van der Waals surface area (Å²) in [5.74, 6) is 0.725. The van der Waals surface area contributed by atoms with E-state index in [4.69, 9.17) is 0 Å². The number of nitrogens with zero attached hydrogens (tertiary/aromatic N) is 5. The zero-order valence-corrected chi connectivity index (χ0v) is 13.8. The van der Waals surface area contributed by atoms with Crippen molar-refractivity contribution in [1.29, 1.82) is 0 Å². The smallest absolute Gasteiger partial charge is 0.332 e. The van der Waals surface area contributed by atoms with Crippen molar-refractivity contribution in [3.05, 3.63) is 45.1 Å². The van der Waals surface area contributed by atoms with Crippen LogP contribution in [0.3, 0.4) is 0 Å². The molecule has 0 atom stereocenters. The molecule has 3 rings (SSSR count). The lowest BCUT2D eigenvalue weighted by atomic mass is 10.3. The predicted molar refractivity (Wildman–Crippen MR) is 91.1 cm³/mol. The summed E-state index contributed by atoms with van der Waals surface area (Å²) in [6.45, 7) is 13.9. The first-order valence-electron chi connectivity index (χ1n) is 7.55. The standard InChI is InChI=1S/C16H21N5O2/c1-10(2)8-19-6-7-20-12-13(17-15(19)20)18(5)16(23)21(14(12)22)9-11(3)4/h1,3,6-9H2,2,4-5H3. The summed E-state index contributed by atoms with van der Waals surface area (Å²) < 4.78 is 4.56. The van der Waals surface area contributed by atoms with E-state index in [0.717, 1.165) is 23.6 Å². The lowest BCUT2D eigenvalue weighted by molar-refractivity contribution is 0.646. The molecule has 0 spiro atoms. The predicted octanol–water partition coefficient (Wildman–Crippen LogP) is 0.869. The van der Waals surface area contributed by atoms with Gasteiger partial charge in [-0.3, -0.25) is 13.9 Å². The van der Waals surface area contributed by atoms with E-state index in [1.807, 2.05) is 11.5 Å². The van der Waals surface area contributed by atoms with Crippen LogP contribution in [0.4, 0.5) is 5.95 Å². The Kier molecular flexibility index (Phi) is 3.50. The van der Waals surface area contributed by atoms with Crippen LogP contribution in [0, 0.1) is 0 Å². The highest BCUT2D eigenvalue weighted by atomic mass is 16.2. The molecule has 0 aromatic carbocycles. The largest absolute Gasteiger partial charge is 0.336 e. The van der Waals surface area contributed by atoms with Gasteiger partial charge in [0.15, 0.2) is 11.2 Å². The van der Waals surface area contributed by atoms with Gasteiger partial charge in [0.2, 0.25) is 5.95 Å². The molecule has 0 N–H and O–H groups in total. The van der Waals surface area contributed by atoms with E-state index in [1.165, 1.54) is 9.13 Å². The number of aryl methyl sites for hydroxylation is 1. The van der Waals surface area contributed by atoms with E-state index in [1.54, 1.807) is 14.0 Å². The maximum atomic E-state index is 12.8. The number of anilines is 1. The molecule has 0 saturated heterocycles. The van der Waals surface area contributed by atoms with Crippen LogP contribution < -0.4 is 16.1 Å². The molecule has 0 unspecified atom stereocenters. The van der Waals surface area contributed by atoms with E-state index >= 15 is 0 Å². The lowest BCUT2D eigenvalue weighted by Crippen LogP contribution is -2.39. The van der Waals surface area contributed by atoms with Gasteiger partial charge >= 0.3 is 5.69 Å².